The molecular formula is C13H18BrNO. The van der Waals surface area contributed by atoms with Crippen LogP contribution in [0, 0.1) is 6.92 Å². The second-order valence-electron chi connectivity index (χ2n) is 4.48. The first kappa shape index (κ1) is 12.1. The summed E-state index contributed by atoms with van der Waals surface area (Å²) >= 11 is 3.63. The largest absolute Gasteiger partial charge is 0.380 e. The smallest absolute Gasteiger partial charge is 0.0710 e. The molecule has 0 amide bonds. The van der Waals surface area contributed by atoms with Gasteiger partial charge in [-0.25, -0.2) is 0 Å². The molecule has 1 heterocycles. The summed E-state index contributed by atoms with van der Waals surface area (Å²) in [4.78, 5) is 2.45. The van der Waals surface area contributed by atoms with E-state index in [2.05, 4.69) is 46.0 Å². The third-order valence-electron chi connectivity index (χ3n) is 3.16. The van der Waals surface area contributed by atoms with Crippen LogP contribution >= 0.6 is 15.9 Å². The van der Waals surface area contributed by atoms with Gasteiger partial charge < -0.3 is 4.74 Å². The van der Waals surface area contributed by atoms with E-state index in [1.165, 1.54) is 15.6 Å². The lowest BCUT2D eigenvalue weighted by atomic mass is 10.1. The van der Waals surface area contributed by atoms with Crippen molar-refractivity contribution in [3.63, 3.8) is 0 Å². The van der Waals surface area contributed by atoms with E-state index in [1.54, 1.807) is 7.11 Å². The van der Waals surface area contributed by atoms with Gasteiger partial charge in [0, 0.05) is 31.2 Å². The highest BCUT2D eigenvalue weighted by atomic mass is 79.9. The number of nitrogens with zero attached hydrogens (tertiary/aromatic N) is 1. The van der Waals surface area contributed by atoms with Gasteiger partial charge in [0.25, 0.3) is 0 Å². The van der Waals surface area contributed by atoms with E-state index in [0.717, 1.165) is 26.1 Å². The van der Waals surface area contributed by atoms with Gasteiger partial charge in [-0.05, 0) is 30.5 Å². The van der Waals surface area contributed by atoms with E-state index < -0.39 is 0 Å². The molecule has 1 fully saturated rings. The Kier molecular flexibility index (Phi) is 4.00. The van der Waals surface area contributed by atoms with Crippen LogP contribution in [0.15, 0.2) is 22.7 Å². The van der Waals surface area contributed by atoms with Crippen molar-refractivity contribution in [2.24, 2.45) is 0 Å². The monoisotopic (exact) mass is 283 g/mol. The summed E-state index contributed by atoms with van der Waals surface area (Å²) in [6.07, 6.45) is 1.57. The second kappa shape index (κ2) is 5.30. The van der Waals surface area contributed by atoms with Crippen molar-refractivity contribution in [2.75, 3.05) is 20.2 Å². The number of halogens is 1. The molecule has 0 N–H and O–H groups in total. The molecule has 1 aromatic rings. The second-order valence-corrected chi connectivity index (χ2v) is 5.33. The van der Waals surface area contributed by atoms with E-state index in [4.69, 9.17) is 4.74 Å². The SMILES string of the molecule is CO[C@H]1CCN(Cc2ccc(C)cc2Br)C1. The fourth-order valence-corrected chi connectivity index (χ4v) is 2.77. The molecule has 1 aromatic carbocycles. The summed E-state index contributed by atoms with van der Waals surface area (Å²) < 4.78 is 6.59. The molecule has 1 saturated heterocycles. The van der Waals surface area contributed by atoms with Crippen molar-refractivity contribution in [3.05, 3.63) is 33.8 Å². The van der Waals surface area contributed by atoms with Gasteiger partial charge in [0.15, 0.2) is 0 Å². The van der Waals surface area contributed by atoms with Crippen molar-refractivity contribution in [2.45, 2.75) is 26.0 Å². The number of aryl methyl sites for hydroxylation is 1. The molecule has 0 unspecified atom stereocenters. The Labute approximate surface area is 106 Å². The Morgan fingerprint density at radius 1 is 1.50 bits per heavy atom. The Balaban J connectivity index is 1.99. The standard InChI is InChI=1S/C13H18BrNO/c1-10-3-4-11(13(14)7-10)8-15-6-5-12(9-15)16-2/h3-4,7,12H,5-6,8-9H2,1-2H3/t12-/m0/s1. The average Bonchev–Trinajstić information content (AvgIpc) is 2.70. The molecule has 3 heteroatoms. The molecule has 0 aromatic heterocycles. The van der Waals surface area contributed by atoms with Crippen LogP contribution in [-0.4, -0.2) is 31.2 Å². The quantitative estimate of drug-likeness (QED) is 0.846. The lowest BCUT2D eigenvalue weighted by Crippen LogP contribution is -2.22. The maximum absolute atomic E-state index is 5.38. The van der Waals surface area contributed by atoms with Gasteiger partial charge in [0.05, 0.1) is 6.10 Å². The average molecular weight is 284 g/mol. The van der Waals surface area contributed by atoms with E-state index in [0.29, 0.717) is 6.10 Å². The van der Waals surface area contributed by atoms with E-state index >= 15 is 0 Å². The van der Waals surface area contributed by atoms with Crippen LogP contribution in [0.2, 0.25) is 0 Å². The van der Waals surface area contributed by atoms with Crippen LogP contribution in [0.3, 0.4) is 0 Å². The maximum atomic E-state index is 5.38. The zero-order valence-corrected chi connectivity index (χ0v) is 11.5. The van der Waals surface area contributed by atoms with Crippen LogP contribution in [0.5, 0.6) is 0 Å². The molecule has 88 valence electrons. The number of rotatable bonds is 3. The normalized spacial score (nSPS) is 21.6. The predicted molar refractivity (Wildman–Crippen MR) is 69.6 cm³/mol. The first-order valence-corrected chi connectivity index (χ1v) is 6.48. The fourth-order valence-electron chi connectivity index (χ4n) is 2.15. The maximum Gasteiger partial charge on any atom is 0.0710 e. The van der Waals surface area contributed by atoms with Gasteiger partial charge in [0.1, 0.15) is 0 Å². The Morgan fingerprint density at radius 2 is 2.31 bits per heavy atom. The molecule has 2 rings (SSSR count). The zero-order chi connectivity index (χ0) is 11.5. The van der Waals surface area contributed by atoms with Crippen LogP contribution in [0.4, 0.5) is 0 Å². The van der Waals surface area contributed by atoms with Crippen LogP contribution in [0.1, 0.15) is 17.5 Å². The third-order valence-corrected chi connectivity index (χ3v) is 3.90. The highest BCUT2D eigenvalue weighted by Crippen LogP contribution is 2.22. The molecule has 0 aliphatic carbocycles. The van der Waals surface area contributed by atoms with Gasteiger partial charge in [0.2, 0.25) is 0 Å². The van der Waals surface area contributed by atoms with Crippen molar-refractivity contribution < 1.29 is 4.74 Å². The van der Waals surface area contributed by atoms with Gasteiger partial charge >= 0.3 is 0 Å². The molecule has 1 aliphatic rings. The summed E-state index contributed by atoms with van der Waals surface area (Å²) in [5.74, 6) is 0. The first-order valence-electron chi connectivity index (χ1n) is 5.69. The molecule has 0 radical (unpaired) electrons. The Morgan fingerprint density at radius 3 is 2.94 bits per heavy atom. The summed E-state index contributed by atoms with van der Waals surface area (Å²) in [5.41, 5.74) is 2.66. The predicted octanol–water partition coefficient (Wildman–Crippen LogP) is 2.98. The number of hydrogen-bond donors (Lipinski definition) is 0. The Hall–Kier alpha value is -0.380. The Bertz CT molecular complexity index is 367. The molecule has 2 nitrogen and oxygen atoms in total. The van der Waals surface area contributed by atoms with Gasteiger partial charge in [-0.2, -0.15) is 0 Å². The van der Waals surface area contributed by atoms with E-state index in [1.807, 2.05) is 0 Å². The molecule has 0 bridgehead atoms. The summed E-state index contributed by atoms with van der Waals surface area (Å²) in [6.45, 7) is 5.32. The highest BCUT2D eigenvalue weighted by Gasteiger charge is 2.22. The van der Waals surface area contributed by atoms with Crippen LogP contribution in [-0.2, 0) is 11.3 Å². The topological polar surface area (TPSA) is 12.5 Å². The minimum atomic E-state index is 0.421. The van der Waals surface area contributed by atoms with Crippen molar-refractivity contribution in [1.29, 1.82) is 0 Å². The van der Waals surface area contributed by atoms with Gasteiger partial charge in [-0.1, -0.05) is 28.1 Å². The molecule has 16 heavy (non-hydrogen) atoms. The van der Waals surface area contributed by atoms with Gasteiger partial charge in [-0.15, -0.1) is 0 Å². The number of ether oxygens (including phenoxy) is 1. The molecule has 1 atom stereocenters. The third kappa shape index (κ3) is 2.84. The van der Waals surface area contributed by atoms with Crippen molar-refractivity contribution >= 4 is 15.9 Å². The number of methoxy groups -OCH3 is 1. The molecule has 1 aliphatic heterocycles. The van der Waals surface area contributed by atoms with Crippen molar-refractivity contribution in [1.82, 2.24) is 4.90 Å². The molecule has 0 saturated carbocycles. The lowest BCUT2D eigenvalue weighted by molar-refractivity contribution is 0.107. The zero-order valence-electron chi connectivity index (χ0n) is 9.87. The number of benzene rings is 1. The molecular weight excluding hydrogens is 266 g/mol. The minimum absolute atomic E-state index is 0.421. The summed E-state index contributed by atoms with van der Waals surface area (Å²) in [7, 11) is 1.80. The number of hydrogen-bond acceptors (Lipinski definition) is 2. The number of likely N-dealkylation sites (tertiary alicyclic amines) is 1. The lowest BCUT2D eigenvalue weighted by Gasteiger charge is -2.16. The van der Waals surface area contributed by atoms with E-state index in [9.17, 15) is 0 Å². The van der Waals surface area contributed by atoms with E-state index in [-0.39, 0.29) is 0 Å². The summed E-state index contributed by atoms with van der Waals surface area (Å²) in [6, 6.07) is 6.56. The minimum Gasteiger partial charge on any atom is -0.380 e. The summed E-state index contributed by atoms with van der Waals surface area (Å²) in [5, 5.41) is 0. The van der Waals surface area contributed by atoms with Gasteiger partial charge in [-0.3, -0.25) is 4.90 Å². The fraction of sp³-hybridized carbons (Fsp3) is 0.538. The van der Waals surface area contributed by atoms with Crippen LogP contribution in [0.25, 0.3) is 0 Å². The van der Waals surface area contributed by atoms with Crippen LogP contribution < -0.4 is 0 Å². The van der Waals surface area contributed by atoms with Crippen molar-refractivity contribution in [3.8, 4) is 0 Å². The highest BCUT2D eigenvalue weighted by molar-refractivity contribution is 9.10. The molecule has 0 spiro atoms. The first-order chi connectivity index (χ1) is 7.69.